The zero-order chi connectivity index (χ0) is 17.5. The van der Waals surface area contributed by atoms with Gasteiger partial charge in [-0.2, -0.15) is 0 Å². The van der Waals surface area contributed by atoms with Crippen LogP contribution in [-0.4, -0.2) is 13.2 Å². The van der Waals surface area contributed by atoms with Crippen LogP contribution in [0.1, 0.15) is 25.0 Å². The minimum Gasteiger partial charge on any atom is -0.498 e. The molecule has 0 heterocycles. The Bertz CT molecular complexity index is 703. The second-order valence-electron chi connectivity index (χ2n) is 4.98. The average Bonchev–Trinajstić information content (AvgIpc) is 2.61. The van der Waals surface area contributed by atoms with E-state index in [9.17, 15) is 9.77 Å². The molecule has 0 amide bonds. The first kappa shape index (κ1) is 18.2. The monoisotopic (exact) mass is 345 g/mol. The molecule has 0 aliphatic rings. The summed E-state index contributed by atoms with van der Waals surface area (Å²) >= 11 is 0. The molecule has 6 heteroatoms. The molecule has 0 aromatic heterocycles. The van der Waals surface area contributed by atoms with E-state index in [2.05, 4.69) is 11.1 Å². The van der Waals surface area contributed by atoms with Crippen molar-refractivity contribution in [3.05, 3.63) is 82.0 Å². The molecular formula is C18H20NO4P. The summed E-state index contributed by atoms with van der Waals surface area (Å²) < 4.78 is 24.9. The summed E-state index contributed by atoms with van der Waals surface area (Å²) in [5.74, 6) is 0. The van der Waals surface area contributed by atoms with Crippen molar-refractivity contribution >= 4 is 7.60 Å². The Kier molecular flexibility index (Phi) is 6.16. The topological polar surface area (TPSA) is 63.0 Å². The molecule has 0 unspecified atom stereocenters. The fourth-order valence-electron chi connectivity index (χ4n) is 2.67. The Morgan fingerprint density at radius 2 is 1.38 bits per heavy atom. The Morgan fingerprint density at radius 1 is 0.958 bits per heavy atom. The van der Waals surface area contributed by atoms with Crippen molar-refractivity contribution < 1.29 is 13.6 Å². The molecule has 0 fully saturated rings. The zero-order valence-electron chi connectivity index (χ0n) is 13.7. The molecule has 24 heavy (non-hydrogen) atoms. The van der Waals surface area contributed by atoms with Gasteiger partial charge in [-0.05, 0) is 25.0 Å². The van der Waals surface area contributed by atoms with Crippen LogP contribution in [0.15, 0.2) is 60.7 Å². The summed E-state index contributed by atoms with van der Waals surface area (Å²) in [6, 6.07) is 20.4. The first-order chi connectivity index (χ1) is 11.6. The molecular weight excluding hydrogens is 325 g/mol. The molecule has 0 bridgehead atoms. The second-order valence-corrected chi connectivity index (χ2v) is 7.16. The molecule has 0 saturated heterocycles. The summed E-state index contributed by atoms with van der Waals surface area (Å²) in [6.07, 6.45) is 0. The lowest BCUT2D eigenvalue weighted by Gasteiger charge is -2.32. The molecule has 0 spiro atoms. The Labute approximate surface area is 142 Å². The van der Waals surface area contributed by atoms with E-state index in [1.54, 1.807) is 62.4 Å². The van der Waals surface area contributed by atoms with Crippen LogP contribution in [0.2, 0.25) is 0 Å². The fraction of sp³-hybridized carbons (Fsp3) is 0.278. The SMILES string of the molecule is CCOP(=O)(OCC)C(C#[N+][O-])(c1ccccc1)c1ccccc1. The maximum Gasteiger partial charge on any atom is 0.364 e. The van der Waals surface area contributed by atoms with Gasteiger partial charge in [0.05, 0.1) is 13.2 Å². The Hall–Kier alpha value is -2.12. The summed E-state index contributed by atoms with van der Waals surface area (Å²) in [5, 5.41) is 12.6. The molecule has 5 nitrogen and oxygen atoms in total. The minimum atomic E-state index is -3.83. The third-order valence-electron chi connectivity index (χ3n) is 3.60. The highest BCUT2D eigenvalue weighted by Gasteiger charge is 2.58. The van der Waals surface area contributed by atoms with Crippen LogP contribution in [0.3, 0.4) is 0 Å². The molecule has 126 valence electrons. The first-order valence-corrected chi connectivity index (χ1v) is 9.28. The molecule has 2 rings (SSSR count). The second kappa shape index (κ2) is 8.12. The predicted octanol–water partition coefficient (Wildman–Crippen LogP) is 5.03. The van der Waals surface area contributed by atoms with Crippen LogP contribution in [0.4, 0.5) is 0 Å². The standard InChI is InChI=1S/C18H20NO4P/c1-3-22-24(21,23-4-2)18(15-19-20,16-11-7-5-8-12-16)17-13-9-6-10-14-17/h5-14H,3-4H2,1-2H3. The van der Waals surface area contributed by atoms with Gasteiger partial charge in [0.25, 0.3) is 5.16 Å². The molecule has 0 radical (unpaired) electrons. The van der Waals surface area contributed by atoms with E-state index in [0.29, 0.717) is 11.1 Å². The molecule has 0 N–H and O–H groups in total. The number of benzene rings is 2. The fourth-order valence-corrected chi connectivity index (χ4v) is 4.90. The van der Waals surface area contributed by atoms with Crippen molar-refractivity contribution in [2.24, 2.45) is 0 Å². The van der Waals surface area contributed by atoms with Crippen LogP contribution in [0, 0.1) is 11.3 Å². The van der Waals surface area contributed by atoms with Gasteiger partial charge in [-0.3, -0.25) is 4.57 Å². The Morgan fingerprint density at radius 3 is 1.71 bits per heavy atom. The maximum atomic E-state index is 13.7. The van der Waals surface area contributed by atoms with E-state index in [0.717, 1.165) is 0 Å². The molecule has 2 aromatic carbocycles. The molecule has 0 saturated carbocycles. The van der Waals surface area contributed by atoms with Crippen molar-refractivity contribution in [1.82, 2.24) is 0 Å². The van der Waals surface area contributed by atoms with Gasteiger partial charge in [0.2, 0.25) is 0 Å². The van der Waals surface area contributed by atoms with Crippen molar-refractivity contribution in [3.63, 3.8) is 0 Å². The average molecular weight is 345 g/mol. The van der Waals surface area contributed by atoms with E-state index in [-0.39, 0.29) is 13.2 Å². The Balaban J connectivity index is 2.85. The van der Waals surface area contributed by atoms with E-state index >= 15 is 0 Å². The lowest BCUT2D eigenvalue weighted by Crippen LogP contribution is -2.28. The van der Waals surface area contributed by atoms with Crippen LogP contribution in [0.5, 0.6) is 0 Å². The summed E-state index contributed by atoms with van der Waals surface area (Å²) in [4.78, 5) is 0. The van der Waals surface area contributed by atoms with Gasteiger partial charge in [0.15, 0.2) is 0 Å². The highest BCUT2D eigenvalue weighted by Crippen LogP contribution is 2.67. The number of hydrogen-bond acceptors (Lipinski definition) is 4. The van der Waals surface area contributed by atoms with Crippen LogP contribution >= 0.6 is 7.60 Å². The lowest BCUT2D eigenvalue weighted by atomic mass is 9.91. The number of nitrogens with zero attached hydrogens (tertiary/aromatic N) is 1. The van der Waals surface area contributed by atoms with E-state index in [4.69, 9.17) is 9.05 Å². The third-order valence-corrected chi connectivity index (χ3v) is 6.23. The van der Waals surface area contributed by atoms with Gasteiger partial charge in [-0.15, -0.1) is 0 Å². The summed E-state index contributed by atoms with van der Waals surface area (Å²) in [7, 11) is -3.83. The van der Waals surface area contributed by atoms with Gasteiger partial charge in [-0.1, -0.05) is 60.7 Å². The van der Waals surface area contributed by atoms with Crippen LogP contribution < -0.4 is 0 Å². The normalized spacial score (nSPS) is 11.6. The summed E-state index contributed by atoms with van der Waals surface area (Å²) in [5.41, 5.74) is 1.14. The van der Waals surface area contributed by atoms with Crippen molar-refractivity contribution in [2.45, 2.75) is 19.0 Å². The lowest BCUT2D eigenvalue weighted by molar-refractivity contribution is 0.208. The van der Waals surface area contributed by atoms with E-state index < -0.39 is 12.8 Å². The van der Waals surface area contributed by atoms with Gasteiger partial charge in [0.1, 0.15) is 0 Å². The third kappa shape index (κ3) is 3.22. The van der Waals surface area contributed by atoms with Gasteiger partial charge in [-0.25, -0.2) is 0 Å². The molecule has 2 aromatic rings. The summed E-state index contributed by atoms with van der Waals surface area (Å²) in [6.45, 7) is 3.78. The molecule has 0 atom stereocenters. The van der Waals surface area contributed by atoms with Crippen molar-refractivity contribution in [3.8, 4) is 6.07 Å². The van der Waals surface area contributed by atoms with Gasteiger partial charge < -0.3 is 14.3 Å². The number of hydrogen-bond donors (Lipinski definition) is 0. The van der Waals surface area contributed by atoms with Gasteiger partial charge >= 0.3 is 13.7 Å². The smallest absolute Gasteiger partial charge is 0.364 e. The predicted molar refractivity (Wildman–Crippen MR) is 95.1 cm³/mol. The highest BCUT2D eigenvalue weighted by atomic mass is 31.2. The van der Waals surface area contributed by atoms with Crippen LogP contribution in [-0.2, 0) is 18.8 Å². The molecule has 0 aliphatic carbocycles. The number of rotatable bonds is 7. The minimum absolute atomic E-state index is 0.166. The maximum absolute atomic E-state index is 13.7. The molecule has 0 aliphatic heterocycles. The van der Waals surface area contributed by atoms with Crippen molar-refractivity contribution in [2.75, 3.05) is 13.2 Å². The van der Waals surface area contributed by atoms with E-state index in [1.165, 1.54) is 0 Å². The first-order valence-electron chi connectivity index (χ1n) is 7.74. The van der Waals surface area contributed by atoms with Gasteiger partial charge in [0, 0.05) is 5.01 Å². The quantitative estimate of drug-likeness (QED) is 0.522. The highest BCUT2D eigenvalue weighted by molar-refractivity contribution is 7.55. The van der Waals surface area contributed by atoms with E-state index in [1.807, 2.05) is 12.1 Å². The van der Waals surface area contributed by atoms with Crippen LogP contribution in [0.25, 0.3) is 5.01 Å². The zero-order valence-corrected chi connectivity index (χ0v) is 14.6. The van der Waals surface area contributed by atoms with Crippen molar-refractivity contribution in [1.29, 1.82) is 0 Å². The largest absolute Gasteiger partial charge is 0.498 e.